The molecule has 8 heteroatoms. The Morgan fingerprint density at radius 3 is 2.89 bits per heavy atom. The Kier molecular flexibility index (Phi) is 6.28. The third-order valence-corrected chi connectivity index (χ3v) is 6.04. The lowest BCUT2D eigenvalue weighted by atomic mass is 10.2. The molecule has 0 saturated heterocycles. The highest BCUT2D eigenvalue weighted by Gasteiger charge is 2.16. The van der Waals surface area contributed by atoms with E-state index in [1.165, 1.54) is 33.7 Å². The van der Waals surface area contributed by atoms with Crippen LogP contribution in [0.3, 0.4) is 0 Å². The number of hydrogen-bond donors (Lipinski definition) is 1. The molecule has 142 valence electrons. The fraction of sp³-hybridized carbons (Fsp3) is 0.316. The van der Waals surface area contributed by atoms with Crippen molar-refractivity contribution in [2.45, 2.75) is 38.0 Å². The molecule has 3 aromatic rings. The maximum Gasteiger partial charge on any atom is 0.272 e. The number of aromatic nitrogens is 2. The molecule has 0 aliphatic heterocycles. The second-order valence-electron chi connectivity index (χ2n) is 6.18. The standard InChI is InChI=1S/C19H20FN3O2S2/c1-3-12(2)21-16(24)11-27-19-22-15-8-9-26-17(15)18(25)23(19)10-13-6-4-5-7-14(13)20/h4-9,12H,3,10-11H2,1-2H3,(H,21,24)/t12-/m1/s1. The summed E-state index contributed by atoms with van der Waals surface area (Å²) < 4.78 is 16.1. The van der Waals surface area contributed by atoms with E-state index >= 15 is 0 Å². The quantitative estimate of drug-likeness (QED) is 0.481. The molecule has 0 bridgehead atoms. The monoisotopic (exact) mass is 405 g/mol. The van der Waals surface area contributed by atoms with Crippen molar-refractivity contribution in [2.24, 2.45) is 0 Å². The van der Waals surface area contributed by atoms with Crippen LogP contribution in [0.1, 0.15) is 25.8 Å². The van der Waals surface area contributed by atoms with Gasteiger partial charge in [-0.05, 0) is 30.9 Å². The van der Waals surface area contributed by atoms with E-state index in [0.717, 1.165) is 6.42 Å². The summed E-state index contributed by atoms with van der Waals surface area (Å²) in [4.78, 5) is 29.5. The van der Waals surface area contributed by atoms with Gasteiger partial charge in [-0.3, -0.25) is 14.2 Å². The molecule has 0 aliphatic rings. The summed E-state index contributed by atoms with van der Waals surface area (Å²) in [6.45, 7) is 4.00. The highest BCUT2D eigenvalue weighted by Crippen LogP contribution is 2.22. The summed E-state index contributed by atoms with van der Waals surface area (Å²) in [6.07, 6.45) is 0.841. The SMILES string of the molecule is CC[C@@H](C)NC(=O)CSc1nc2ccsc2c(=O)n1Cc1ccccc1F. The lowest BCUT2D eigenvalue weighted by Gasteiger charge is -2.14. The van der Waals surface area contributed by atoms with E-state index in [1.807, 2.05) is 13.8 Å². The Morgan fingerprint density at radius 1 is 1.37 bits per heavy atom. The maximum absolute atomic E-state index is 14.1. The summed E-state index contributed by atoms with van der Waals surface area (Å²) in [7, 11) is 0. The number of nitrogens with zero attached hydrogens (tertiary/aromatic N) is 2. The Morgan fingerprint density at radius 2 is 2.15 bits per heavy atom. The number of hydrogen-bond acceptors (Lipinski definition) is 5. The van der Waals surface area contributed by atoms with Crippen LogP contribution in [0.4, 0.5) is 4.39 Å². The average Bonchev–Trinajstić information content (AvgIpc) is 3.12. The number of halogens is 1. The molecule has 0 aliphatic carbocycles. The summed E-state index contributed by atoms with van der Waals surface area (Å²) in [5.41, 5.74) is 0.783. The van der Waals surface area contributed by atoms with Crippen LogP contribution in [0.2, 0.25) is 0 Å². The summed E-state index contributed by atoms with van der Waals surface area (Å²) >= 11 is 2.50. The van der Waals surface area contributed by atoms with Crippen molar-refractivity contribution in [1.29, 1.82) is 0 Å². The van der Waals surface area contributed by atoms with Gasteiger partial charge in [0.15, 0.2) is 5.16 Å². The molecule has 1 N–H and O–H groups in total. The minimum Gasteiger partial charge on any atom is -0.353 e. The number of fused-ring (bicyclic) bond motifs is 1. The minimum absolute atomic E-state index is 0.0711. The van der Waals surface area contributed by atoms with E-state index < -0.39 is 0 Å². The van der Waals surface area contributed by atoms with Gasteiger partial charge in [-0.2, -0.15) is 0 Å². The second-order valence-corrected chi connectivity index (χ2v) is 8.04. The summed E-state index contributed by atoms with van der Waals surface area (Å²) in [5, 5.41) is 5.10. The second kappa shape index (κ2) is 8.67. The van der Waals surface area contributed by atoms with Gasteiger partial charge < -0.3 is 5.32 Å². The van der Waals surface area contributed by atoms with Gasteiger partial charge in [-0.15, -0.1) is 11.3 Å². The van der Waals surface area contributed by atoms with Gasteiger partial charge in [0.1, 0.15) is 10.5 Å². The zero-order valence-electron chi connectivity index (χ0n) is 15.1. The Balaban J connectivity index is 1.92. The van der Waals surface area contributed by atoms with Gasteiger partial charge in [0.2, 0.25) is 5.91 Å². The average molecular weight is 406 g/mol. The molecule has 0 fully saturated rings. The predicted molar refractivity (Wildman–Crippen MR) is 108 cm³/mol. The van der Waals surface area contributed by atoms with Crippen LogP contribution in [0.25, 0.3) is 10.2 Å². The van der Waals surface area contributed by atoms with Crippen LogP contribution in [-0.4, -0.2) is 27.3 Å². The third kappa shape index (κ3) is 4.56. The zero-order chi connectivity index (χ0) is 19.4. The number of carbonyl (C=O) groups excluding carboxylic acids is 1. The molecule has 0 radical (unpaired) electrons. The van der Waals surface area contributed by atoms with Gasteiger partial charge in [0, 0.05) is 11.6 Å². The highest BCUT2D eigenvalue weighted by atomic mass is 32.2. The first kappa shape index (κ1) is 19.6. The molecule has 1 amide bonds. The van der Waals surface area contributed by atoms with E-state index in [4.69, 9.17) is 0 Å². The fourth-order valence-corrected chi connectivity index (χ4v) is 4.11. The van der Waals surface area contributed by atoms with Gasteiger partial charge in [0.05, 0.1) is 17.8 Å². The molecule has 0 unspecified atom stereocenters. The van der Waals surface area contributed by atoms with Crippen LogP contribution >= 0.6 is 23.1 Å². The predicted octanol–water partition coefficient (Wildman–Crippen LogP) is 3.65. The Bertz CT molecular complexity index is 1020. The molecule has 3 rings (SSSR count). The highest BCUT2D eigenvalue weighted by molar-refractivity contribution is 7.99. The maximum atomic E-state index is 14.1. The molecule has 0 saturated carbocycles. The van der Waals surface area contributed by atoms with E-state index in [2.05, 4.69) is 10.3 Å². The van der Waals surface area contributed by atoms with Gasteiger partial charge >= 0.3 is 0 Å². The number of benzene rings is 1. The van der Waals surface area contributed by atoms with Crippen LogP contribution in [-0.2, 0) is 11.3 Å². The summed E-state index contributed by atoms with van der Waals surface area (Å²) in [5.74, 6) is -0.350. The normalized spacial score (nSPS) is 12.3. The van der Waals surface area contributed by atoms with Crippen molar-refractivity contribution in [1.82, 2.24) is 14.9 Å². The number of carbonyl (C=O) groups is 1. The molecular weight excluding hydrogens is 385 g/mol. The fourth-order valence-electron chi connectivity index (χ4n) is 2.52. The number of thioether (sulfide) groups is 1. The molecule has 0 spiro atoms. The van der Waals surface area contributed by atoms with Crippen LogP contribution in [0.5, 0.6) is 0 Å². The molecule has 27 heavy (non-hydrogen) atoms. The van der Waals surface area contributed by atoms with E-state index in [9.17, 15) is 14.0 Å². The summed E-state index contributed by atoms with van der Waals surface area (Å²) in [6, 6.07) is 8.21. The van der Waals surface area contributed by atoms with Crippen molar-refractivity contribution < 1.29 is 9.18 Å². The van der Waals surface area contributed by atoms with Crippen molar-refractivity contribution in [2.75, 3.05) is 5.75 Å². The van der Waals surface area contributed by atoms with Crippen LogP contribution in [0, 0.1) is 5.82 Å². The zero-order valence-corrected chi connectivity index (χ0v) is 16.7. The molecule has 1 aromatic carbocycles. The first-order valence-electron chi connectivity index (χ1n) is 8.63. The smallest absolute Gasteiger partial charge is 0.272 e. The molecular formula is C19H20FN3O2S2. The number of thiophene rings is 1. The van der Waals surface area contributed by atoms with Crippen LogP contribution in [0.15, 0.2) is 45.7 Å². The van der Waals surface area contributed by atoms with Crippen molar-refractivity contribution in [3.8, 4) is 0 Å². The van der Waals surface area contributed by atoms with Crippen LogP contribution < -0.4 is 10.9 Å². The van der Waals surface area contributed by atoms with E-state index in [-0.39, 0.29) is 35.6 Å². The van der Waals surface area contributed by atoms with Gasteiger partial charge in [-0.1, -0.05) is 36.9 Å². The van der Waals surface area contributed by atoms with Crippen molar-refractivity contribution >= 4 is 39.2 Å². The first-order chi connectivity index (χ1) is 13.0. The Labute approximate surface area is 164 Å². The van der Waals surface area contributed by atoms with Gasteiger partial charge in [0.25, 0.3) is 5.56 Å². The third-order valence-electron chi connectivity index (χ3n) is 4.17. The lowest BCUT2D eigenvalue weighted by Crippen LogP contribution is -2.33. The molecule has 5 nitrogen and oxygen atoms in total. The Hall–Kier alpha value is -2.19. The van der Waals surface area contributed by atoms with E-state index in [1.54, 1.807) is 29.6 Å². The molecule has 2 aromatic heterocycles. The largest absolute Gasteiger partial charge is 0.353 e. The topological polar surface area (TPSA) is 64.0 Å². The minimum atomic E-state index is -0.374. The van der Waals surface area contributed by atoms with Gasteiger partial charge in [-0.25, -0.2) is 9.37 Å². The lowest BCUT2D eigenvalue weighted by molar-refractivity contribution is -0.119. The van der Waals surface area contributed by atoms with Crippen molar-refractivity contribution in [3.05, 3.63) is 57.4 Å². The molecule has 2 heterocycles. The number of nitrogens with one attached hydrogen (secondary N) is 1. The van der Waals surface area contributed by atoms with Crippen molar-refractivity contribution in [3.63, 3.8) is 0 Å². The molecule has 1 atom stereocenters. The first-order valence-corrected chi connectivity index (χ1v) is 10.5. The number of rotatable bonds is 7. The van der Waals surface area contributed by atoms with E-state index in [0.29, 0.717) is 20.9 Å². The number of amides is 1.